The maximum atomic E-state index is 12.7. The van der Waals surface area contributed by atoms with Gasteiger partial charge in [0.2, 0.25) is 23.6 Å². The predicted molar refractivity (Wildman–Crippen MR) is 120 cm³/mol. The molecule has 14 heteroatoms. The van der Waals surface area contributed by atoms with E-state index in [1.54, 1.807) is 30.3 Å². The maximum Gasteiger partial charge on any atom is 0.326 e. The number of carbonyl (C=O) groups excluding carboxylic acids is 4. The Morgan fingerprint density at radius 2 is 1.46 bits per heavy atom. The average Bonchev–Trinajstić information content (AvgIpc) is 2.83. The van der Waals surface area contributed by atoms with E-state index in [1.807, 2.05) is 0 Å². The molecule has 0 bridgehead atoms. The first-order chi connectivity index (χ1) is 16.6. The number of nitrogens with one attached hydrogen (secondary N) is 4. The third-order valence-corrected chi connectivity index (χ3v) is 4.64. The molecule has 4 amide bonds. The standard InChI is InChI=1S/C21H29N5O9/c22-9-16(28)25-15(11-27)19(32)23-10-17(29)24-13(6-7-18(30)31)20(33)26-14(21(34)35)8-12-4-2-1-3-5-12/h1-5,13-15,27H,6-11,22H2,(H,23,32)(H,24,29)(H,25,28)(H,26,33)(H,30,31)(H,34,35)/t13-,14-,15-/m0/s1. The summed E-state index contributed by atoms with van der Waals surface area (Å²) in [6.07, 6.45) is -0.891. The second-order valence-corrected chi connectivity index (χ2v) is 7.37. The van der Waals surface area contributed by atoms with Crippen LogP contribution in [0.4, 0.5) is 0 Å². The molecule has 1 aromatic rings. The van der Waals surface area contributed by atoms with Crippen molar-refractivity contribution in [2.45, 2.75) is 37.4 Å². The Balaban J connectivity index is 2.79. The van der Waals surface area contributed by atoms with Gasteiger partial charge in [-0.2, -0.15) is 0 Å². The van der Waals surface area contributed by atoms with Gasteiger partial charge >= 0.3 is 11.9 Å². The number of benzene rings is 1. The minimum absolute atomic E-state index is 0.0470. The van der Waals surface area contributed by atoms with Crippen molar-refractivity contribution >= 4 is 35.6 Å². The lowest BCUT2D eigenvalue weighted by Crippen LogP contribution is -2.55. The van der Waals surface area contributed by atoms with E-state index in [0.717, 1.165) is 0 Å². The molecule has 0 aliphatic carbocycles. The Kier molecular flexibility index (Phi) is 12.4. The van der Waals surface area contributed by atoms with Crippen molar-refractivity contribution in [2.75, 3.05) is 19.7 Å². The summed E-state index contributed by atoms with van der Waals surface area (Å²) in [5.41, 5.74) is 5.75. The summed E-state index contributed by atoms with van der Waals surface area (Å²) in [6, 6.07) is 4.37. The Labute approximate surface area is 200 Å². The first kappa shape index (κ1) is 29.0. The lowest BCUT2D eigenvalue weighted by molar-refractivity contribution is -0.143. The van der Waals surface area contributed by atoms with Crippen molar-refractivity contribution in [1.29, 1.82) is 0 Å². The van der Waals surface area contributed by atoms with Gasteiger partial charge in [-0.25, -0.2) is 4.79 Å². The Morgan fingerprint density at radius 3 is 2.00 bits per heavy atom. The first-order valence-electron chi connectivity index (χ1n) is 10.5. The van der Waals surface area contributed by atoms with Crippen LogP contribution in [-0.2, 0) is 35.2 Å². The maximum absolute atomic E-state index is 12.7. The molecule has 0 spiro atoms. The zero-order valence-corrected chi connectivity index (χ0v) is 18.7. The Morgan fingerprint density at radius 1 is 0.829 bits per heavy atom. The minimum Gasteiger partial charge on any atom is -0.481 e. The van der Waals surface area contributed by atoms with Gasteiger partial charge in [-0.05, 0) is 12.0 Å². The molecular formula is C21H29N5O9. The highest BCUT2D eigenvalue weighted by atomic mass is 16.4. The van der Waals surface area contributed by atoms with Gasteiger partial charge in [-0.15, -0.1) is 0 Å². The highest BCUT2D eigenvalue weighted by Crippen LogP contribution is 2.05. The lowest BCUT2D eigenvalue weighted by Gasteiger charge is -2.22. The smallest absolute Gasteiger partial charge is 0.326 e. The number of aliphatic carboxylic acids is 2. The van der Waals surface area contributed by atoms with Crippen LogP contribution in [0.15, 0.2) is 30.3 Å². The van der Waals surface area contributed by atoms with E-state index in [9.17, 15) is 39.0 Å². The molecule has 1 rings (SSSR count). The van der Waals surface area contributed by atoms with E-state index in [-0.39, 0.29) is 12.8 Å². The number of rotatable bonds is 15. The number of aliphatic hydroxyl groups excluding tert-OH is 1. The summed E-state index contributed by atoms with van der Waals surface area (Å²) >= 11 is 0. The van der Waals surface area contributed by atoms with Crippen molar-refractivity contribution in [2.24, 2.45) is 5.73 Å². The molecule has 0 heterocycles. The quantitative estimate of drug-likeness (QED) is 0.121. The van der Waals surface area contributed by atoms with Crippen LogP contribution in [0.25, 0.3) is 0 Å². The molecule has 0 unspecified atom stereocenters. The van der Waals surface area contributed by atoms with Gasteiger partial charge in [-0.3, -0.25) is 24.0 Å². The molecule has 35 heavy (non-hydrogen) atoms. The number of amides is 4. The number of carbonyl (C=O) groups is 6. The van der Waals surface area contributed by atoms with Gasteiger partial charge in [0.15, 0.2) is 0 Å². The van der Waals surface area contributed by atoms with E-state index in [1.165, 1.54) is 0 Å². The first-order valence-corrected chi connectivity index (χ1v) is 10.5. The van der Waals surface area contributed by atoms with Crippen LogP contribution >= 0.6 is 0 Å². The van der Waals surface area contributed by atoms with Crippen LogP contribution < -0.4 is 27.0 Å². The number of nitrogens with two attached hydrogens (primary N) is 1. The van der Waals surface area contributed by atoms with E-state index in [0.29, 0.717) is 5.56 Å². The van der Waals surface area contributed by atoms with Gasteiger partial charge in [0.25, 0.3) is 0 Å². The number of carboxylic acids is 2. The second kappa shape index (κ2) is 15.0. The van der Waals surface area contributed by atoms with Crippen LogP contribution in [0.2, 0.25) is 0 Å². The van der Waals surface area contributed by atoms with E-state index >= 15 is 0 Å². The van der Waals surface area contributed by atoms with E-state index in [4.69, 9.17) is 10.8 Å². The van der Waals surface area contributed by atoms with Crippen molar-refractivity contribution in [3.05, 3.63) is 35.9 Å². The second-order valence-electron chi connectivity index (χ2n) is 7.37. The number of hydrogen-bond donors (Lipinski definition) is 8. The Hall–Kier alpha value is -4.04. The molecule has 1 aromatic carbocycles. The summed E-state index contributed by atoms with van der Waals surface area (Å²) in [6.45, 7) is -1.86. The van der Waals surface area contributed by atoms with Gasteiger partial charge < -0.3 is 42.3 Å². The van der Waals surface area contributed by atoms with Crippen LogP contribution in [-0.4, -0.2) is 88.7 Å². The molecule has 0 fully saturated rings. The summed E-state index contributed by atoms with van der Waals surface area (Å²) in [5.74, 6) is -5.99. The van der Waals surface area contributed by atoms with Gasteiger partial charge in [0.1, 0.15) is 18.1 Å². The normalized spacial score (nSPS) is 13.0. The van der Waals surface area contributed by atoms with E-state index < -0.39 is 79.8 Å². The molecule has 0 aromatic heterocycles. The van der Waals surface area contributed by atoms with Crippen molar-refractivity contribution < 1.29 is 44.1 Å². The minimum atomic E-state index is -1.40. The highest BCUT2D eigenvalue weighted by Gasteiger charge is 2.28. The van der Waals surface area contributed by atoms with Gasteiger partial charge in [0, 0.05) is 12.8 Å². The molecule has 14 nitrogen and oxygen atoms in total. The fourth-order valence-electron chi connectivity index (χ4n) is 2.84. The van der Waals surface area contributed by atoms with Gasteiger partial charge in [0.05, 0.1) is 19.7 Å². The molecular weight excluding hydrogens is 466 g/mol. The summed E-state index contributed by atoms with van der Waals surface area (Å²) in [7, 11) is 0. The van der Waals surface area contributed by atoms with Crippen LogP contribution in [0, 0.1) is 0 Å². The van der Waals surface area contributed by atoms with Crippen LogP contribution in [0.5, 0.6) is 0 Å². The number of hydrogen-bond acceptors (Lipinski definition) is 8. The molecule has 0 saturated heterocycles. The number of carboxylic acid groups (broad SMARTS) is 2. The average molecular weight is 495 g/mol. The van der Waals surface area contributed by atoms with Crippen molar-refractivity contribution in [1.82, 2.24) is 21.3 Å². The molecule has 0 saturated carbocycles. The third-order valence-electron chi connectivity index (χ3n) is 4.64. The molecule has 3 atom stereocenters. The highest BCUT2D eigenvalue weighted by molar-refractivity contribution is 5.93. The number of aliphatic hydroxyl groups is 1. The predicted octanol–water partition coefficient (Wildman–Crippen LogP) is -3.30. The largest absolute Gasteiger partial charge is 0.481 e. The molecule has 0 radical (unpaired) electrons. The van der Waals surface area contributed by atoms with Crippen molar-refractivity contribution in [3.8, 4) is 0 Å². The lowest BCUT2D eigenvalue weighted by atomic mass is 10.0. The monoisotopic (exact) mass is 495 g/mol. The summed E-state index contributed by atoms with van der Waals surface area (Å²) in [5, 5.41) is 36.4. The zero-order chi connectivity index (χ0) is 26.4. The van der Waals surface area contributed by atoms with Crippen molar-refractivity contribution in [3.63, 3.8) is 0 Å². The van der Waals surface area contributed by atoms with Crippen LogP contribution in [0.1, 0.15) is 18.4 Å². The van der Waals surface area contributed by atoms with Crippen LogP contribution in [0.3, 0.4) is 0 Å². The van der Waals surface area contributed by atoms with E-state index in [2.05, 4.69) is 21.3 Å². The topological polar surface area (TPSA) is 237 Å². The third kappa shape index (κ3) is 11.1. The fourth-order valence-corrected chi connectivity index (χ4v) is 2.84. The van der Waals surface area contributed by atoms with Gasteiger partial charge in [-0.1, -0.05) is 30.3 Å². The zero-order valence-electron chi connectivity index (χ0n) is 18.7. The molecule has 0 aliphatic rings. The summed E-state index contributed by atoms with van der Waals surface area (Å²) in [4.78, 5) is 70.8. The Bertz CT molecular complexity index is 910. The molecule has 9 N–H and O–H groups in total. The fraction of sp³-hybridized carbons (Fsp3) is 0.429. The SMILES string of the molecule is NCC(=O)N[C@@H](CO)C(=O)NCC(=O)N[C@@H](CCC(=O)O)C(=O)N[C@@H](Cc1ccccc1)C(=O)O. The summed E-state index contributed by atoms with van der Waals surface area (Å²) < 4.78 is 0. The molecule has 192 valence electrons. The molecule has 0 aliphatic heterocycles.